The smallest absolute Gasteiger partial charge is 0.0468 e. The van der Waals surface area contributed by atoms with Crippen LogP contribution in [0.1, 0.15) is 47.0 Å². The van der Waals surface area contributed by atoms with Gasteiger partial charge in [-0.2, -0.15) is 0 Å². The molecule has 100 valence electrons. The topological polar surface area (TPSA) is 49.7 Å². The summed E-state index contributed by atoms with van der Waals surface area (Å²) in [5.74, 6) is 1.54. The fraction of sp³-hybridized carbons (Fsp3) is 1.00. The molecule has 0 saturated heterocycles. The Hall–Kier alpha value is -0.120. The average Bonchev–Trinajstić information content (AvgIpc) is 2.18. The molecular formula is C13H30O3. The van der Waals surface area contributed by atoms with Gasteiger partial charge in [0.25, 0.3) is 0 Å². The zero-order valence-corrected chi connectivity index (χ0v) is 11.4. The monoisotopic (exact) mass is 234 g/mol. The molecule has 0 spiro atoms. The van der Waals surface area contributed by atoms with Crippen LogP contribution in [0.4, 0.5) is 0 Å². The molecule has 0 fully saturated rings. The van der Waals surface area contributed by atoms with Gasteiger partial charge < -0.3 is 14.9 Å². The number of aliphatic hydroxyl groups is 2. The number of rotatable bonds is 8. The summed E-state index contributed by atoms with van der Waals surface area (Å²) >= 11 is 0. The van der Waals surface area contributed by atoms with Gasteiger partial charge in [0, 0.05) is 26.4 Å². The van der Waals surface area contributed by atoms with Crippen LogP contribution in [0, 0.1) is 11.8 Å². The Morgan fingerprint density at radius 3 is 1.38 bits per heavy atom. The fourth-order valence-electron chi connectivity index (χ4n) is 0.811. The summed E-state index contributed by atoms with van der Waals surface area (Å²) in [5, 5.41) is 15.8. The minimum absolute atomic E-state index is 0.0938. The Morgan fingerprint density at radius 2 is 1.19 bits per heavy atom. The van der Waals surface area contributed by atoms with E-state index >= 15 is 0 Å². The SMILES string of the molecule is CC(C)CCOCCC(C)C.OCCCO. The lowest BCUT2D eigenvalue weighted by atomic mass is 10.1. The van der Waals surface area contributed by atoms with Crippen molar-refractivity contribution in [3.05, 3.63) is 0 Å². The molecule has 3 heteroatoms. The van der Waals surface area contributed by atoms with Crippen molar-refractivity contribution in [2.75, 3.05) is 26.4 Å². The van der Waals surface area contributed by atoms with Gasteiger partial charge in [-0.3, -0.25) is 0 Å². The molecule has 0 aromatic heterocycles. The maximum Gasteiger partial charge on any atom is 0.0468 e. The molecule has 3 nitrogen and oxygen atoms in total. The van der Waals surface area contributed by atoms with E-state index in [0.29, 0.717) is 6.42 Å². The van der Waals surface area contributed by atoms with E-state index in [1.807, 2.05) is 0 Å². The highest BCUT2D eigenvalue weighted by molar-refractivity contribution is 4.45. The predicted molar refractivity (Wildman–Crippen MR) is 68.5 cm³/mol. The van der Waals surface area contributed by atoms with Gasteiger partial charge in [-0.05, 0) is 31.1 Å². The quantitative estimate of drug-likeness (QED) is 0.634. The van der Waals surface area contributed by atoms with E-state index in [9.17, 15) is 0 Å². The van der Waals surface area contributed by atoms with Crippen LogP contribution in [-0.2, 0) is 4.74 Å². The third-order valence-electron chi connectivity index (χ3n) is 2.00. The Morgan fingerprint density at radius 1 is 0.812 bits per heavy atom. The Kier molecular flexibility index (Phi) is 17.0. The Labute approximate surface area is 101 Å². The van der Waals surface area contributed by atoms with Crippen LogP contribution in [0.15, 0.2) is 0 Å². The van der Waals surface area contributed by atoms with Crippen LogP contribution < -0.4 is 0 Å². The predicted octanol–water partition coefficient (Wildman–Crippen LogP) is 2.46. The van der Waals surface area contributed by atoms with E-state index in [1.54, 1.807) is 0 Å². The first-order valence-corrected chi connectivity index (χ1v) is 6.34. The van der Waals surface area contributed by atoms with Gasteiger partial charge in [0.2, 0.25) is 0 Å². The maximum atomic E-state index is 7.91. The molecule has 0 amide bonds. The summed E-state index contributed by atoms with van der Waals surface area (Å²) in [6.45, 7) is 11.0. The van der Waals surface area contributed by atoms with Gasteiger partial charge in [0.15, 0.2) is 0 Å². The summed E-state index contributed by atoms with van der Waals surface area (Å²) in [6.07, 6.45) is 2.89. The van der Waals surface area contributed by atoms with Crippen molar-refractivity contribution in [3.8, 4) is 0 Å². The van der Waals surface area contributed by atoms with Crippen LogP contribution >= 0.6 is 0 Å². The van der Waals surface area contributed by atoms with E-state index < -0.39 is 0 Å². The van der Waals surface area contributed by atoms with Crippen molar-refractivity contribution in [2.45, 2.75) is 47.0 Å². The first-order chi connectivity index (χ1) is 7.54. The minimum atomic E-state index is 0.0938. The van der Waals surface area contributed by atoms with Crippen molar-refractivity contribution in [2.24, 2.45) is 11.8 Å². The van der Waals surface area contributed by atoms with Crippen molar-refractivity contribution in [1.29, 1.82) is 0 Å². The van der Waals surface area contributed by atoms with Gasteiger partial charge in [0.05, 0.1) is 0 Å². The molecule has 0 aliphatic rings. The average molecular weight is 234 g/mol. The highest BCUT2D eigenvalue weighted by atomic mass is 16.5. The molecule has 0 unspecified atom stereocenters. The second-order valence-electron chi connectivity index (χ2n) is 4.78. The molecule has 0 aromatic carbocycles. The normalized spacial score (nSPS) is 10.5. The summed E-state index contributed by atoms with van der Waals surface area (Å²) in [6, 6.07) is 0. The third kappa shape index (κ3) is 23.6. The lowest BCUT2D eigenvalue weighted by molar-refractivity contribution is 0.114. The highest BCUT2D eigenvalue weighted by Crippen LogP contribution is 2.02. The molecule has 16 heavy (non-hydrogen) atoms. The van der Waals surface area contributed by atoms with Gasteiger partial charge in [-0.15, -0.1) is 0 Å². The zero-order chi connectivity index (χ0) is 12.8. The Bertz CT molecular complexity index is 102. The second kappa shape index (κ2) is 14.9. The fourth-order valence-corrected chi connectivity index (χ4v) is 0.811. The second-order valence-corrected chi connectivity index (χ2v) is 4.78. The first-order valence-electron chi connectivity index (χ1n) is 6.34. The van der Waals surface area contributed by atoms with E-state index in [1.165, 1.54) is 12.8 Å². The van der Waals surface area contributed by atoms with E-state index in [-0.39, 0.29) is 13.2 Å². The van der Waals surface area contributed by atoms with Crippen LogP contribution in [0.3, 0.4) is 0 Å². The number of aliphatic hydroxyl groups excluding tert-OH is 2. The highest BCUT2D eigenvalue weighted by Gasteiger charge is 1.95. The van der Waals surface area contributed by atoms with Gasteiger partial charge in [-0.25, -0.2) is 0 Å². The van der Waals surface area contributed by atoms with Crippen LogP contribution in [0.5, 0.6) is 0 Å². The molecule has 0 radical (unpaired) electrons. The third-order valence-corrected chi connectivity index (χ3v) is 2.00. The van der Waals surface area contributed by atoms with E-state index in [4.69, 9.17) is 14.9 Å². The maximum absolute atomic E-state index is 7.91. The Balaban J connectivity index is 0. The van der Waals surface area contributed by atoms with Crippen LogP contribution in [-0.4, -0.2) is 36.6 Å². The molecule has 0 atom stereocenters. The lowest BCUT2D eigenvalue weighted by Gasteiger charge is -2.07. The zero-order valence-electron chi connectivity index (χ0n) is 11.4. The number of ether oxygens (including phenoxy) is 1. The van der Waals surface area contributed by atoms with Gasteiger partial charge in [-0.1, -0.05) is 27.7 Å². The van der Waals surface area contributed by atoms with Crippen molar-refractivity contribution in [3.63, 3.8) is 0 Å². The molecule has 0 rings (SSSR count). The first kappa shape index (κ1) is 18.3. The lowest BCUT2D eigenvalue weighted by Crippen LogP contribution is -2.02. The summed E-state index contributed by atoms with van der Waals surface area (Å²) in [4.78, 5) is 0. The van der Waals surface area contributed by atoms with Gasteiger partial charge >= 0.3 is 0 Å². The molecule has 0 aliphatic carbocycles. The molecule has 0 aromatic rings. The largest absolute Gasteiger partial charge is 0.396 e. The van der Waals surface area contributed by atoms with Crippen LogP contribution in [0.2, 0.25) is 0 Å². The molecule has 0 heterocycles. The number of hydrogen-bond donors (Lipinski definition) is 2. The van der Waals surface area contributed by atoms with Crippen molar-refractivity contribution in [1.82, 2.24) is 0 Å². The summed E-state index contributed by atoms with van der Waals surface area (Å²) in [7, 11) is 0. The molecule has 0 bridgehead atoms. The standard InChI is InChI=1S/C10H22O.C3H8O2/c1-9(2)5-7-11-8-6-10(3)4;4-2-1-3-5/h9-10H,5-8H2,1-4H3;4-5H,1-3H2. The van der Waals surface area contributed by atoms with Gasteiger partial charge in [0.1, 0.15) is 0 Å². The minimum Gasteiger partial charge on any atom is -0.396 e. The van der Waals surface area contributed by atoms with E-state index in [0.717, 1.165) is 25.0 Å². The van der Waals surface area contributed by atoms with Crippen LogP contribution in [0.25, 0.3) is 0 Å². The summed E-state index contributed by atoms with van der Waals surface area (Å²) < 4.78 is 5.46. The molecule has 0 aliphatic heterocycles. The molecular weight excluding hydrogens is 204 g/mol. The van der Waals surface area contributed by atoms with E-state index in [2.05, 4.69) is 27.7 Å². The molecule has 2 N–H and O–H groups in total. The number of hydrogen-bond acceptors (Lipinski definition) is 3. The van der Waals surface area contributed by atoms with Crippen molar-refractivity contribution < 1.29 is 14.9 Å². The molecule has 0 saturated carbocycles. The summed E-state index contributed by atoms with van der Waals surface area (Å²) in [5.41, 5.74) is 0. The van der Waals surface area contributed by atoms with Crippen molar-refractivity contribution >= 4 is 0 Å².